The van der Waals surface area contributed by atoms with Gasteiger partial charge < -0.3 is 9.84 Å². The van der Waals surface area contributed by atoms with Gasteiger partial charge in [0.05, 0.1) is 5.57 Å². The summed E-state index contributed by atoms with van der Waals surface area (Å²) in [6.45, 7) is 3.96. The number of hydrogen-bond donors (Lipinski definition) is 1. The monoisotopic (exact) mass is 573 g/mol. The van der Waals surface area contributed by atoms with Gasteiger partial charge >= 0.3 is 5.91 Å². The Morgan fingerprint density at radius 2 is 1.90 bits per heavy atom. The van der Waals surface area contributed by atoms with E-state index in [9.17, 15) is 14.7 Å². The van der Waals surface area contributed by atoms with Crippen LogP contribution < -0.4 is 9.64 Å². The first-order valence-corrected chi connectivity index (χ1v) is 14.5. The Morgan fingerprint density at radius 3 is 2.67 bits per heavy atom. The van der Waals surface area contributed by atoms with Crippen LogP contribution in [0.2, 0.25) is 0 Å². The van der Waals surface area contributed by atoms with Gasteiger partial charge in [-0.2, -0.15) is 0 Å². The van der Waals surface area contributed by atoms with Crippen molar-refractivity contribution in [3.05, 3.63) is 106 Å². The summed E-state index contributed by atoms with van der Waals surface area (Å²) in [5.74, 6) is -1.46. The van der Waals surface area contributed by atoms with E-state index in [1.54, 1.807) is 24.3 Å². The highest BCUT2D eigenvalue weighted by atomic mass is 32.2. The number of fused-ring (bicyclic) bond motifs is 1. The molecule has 10 heteroatoms. The van der Waals surface area contributed by atoms with Crippen LogP contribution in [0, 0.1) is 12.7 Å². The number of aliphatic hydroxyl groups is 1. The average Bonchev–Trinajstić information content (AvgIpc) is 3.63. The predicted molar refractivity (Wildman–Crippen MR) is 152 cm³/mol. The topological polar surface area (TPSA) is 92.6 Å². The second-order valence-electron chi connectivity index (χ2n) is 9.77. The van der Waals surface area contributed by atoms with Gasteiger partial charge in [-0.05, 0) is 49.2 Å². The van der Waals surface area contributed by atoms with Gasteiger partial charge in [-0.25, -0.2) is 4.39 Å². The molecule has 2 atom stereocenters. The lowest BCUT2D eigenvalue weighted by atomic mass is 9.94. The van der Waals surface area contributed by atoms with Crippen LogP contribution in [0.4, 0.5) is 9.52 Å². The molecule has 3 aromatic carbocycles. The molecule has 0 bridgehead atoms. The Bertz CT molecular complexity index is 1670. The van der Waals surface area contributed by atoms with Crippen molar-refractivity contribution < 1.29 is 23.8 Å². The van der Waals surface area contributed by atoms with Crippen LogP contribution in [0.3, 0.4) is 0 Å². The molecule has 1 saturated heterocycles. The number of ether oxygens (including phenoxy) is 1. The molecule has 0 unspecified atom stereocenters. The number of aromatic nitrogens is 2. The summed E-state index contributed by atoms with van der Waals surface area (Å²) in [7, 11) is 0. The van der Waals surface area contributed by atoms with E-state index in [-0.39, 0.29) is 28.1 Å². The van der Waals surface area contributed by atoms with Crippen LogP contribution in [0.1, 0.15) is 40.8 Å². The average molecular weight is 574 g/mol. The number of Topliss-reactive ketones (excluding diaryl/α,β-unsaturated/α-hetero) is 1. The highest BCUT2D eigenvalue weighted by molar-refractivity contribution is 8.00. The molecule has 4 aromatic rings. The minimum Gasteiger partial charge on any atom is -0.507 e. The fraction of sp³-hybridized carbons (Fsp3) is 0.200. The number of nitrogens with zero attached hydrogens (tertiary/aromatic N) is 3. The molecular formula is C30H24FN3O4S2. The molecule has 1 N–H and O–H groups in total. The van der Waals surface area contributed by atoms with Crippen molar-refractivity contribution in [3.8, 4) is 5.75 Å². The van der Waals surface area contributed by atoms with E-state index in [0.717, 1.165) is 27.4 Å². The molecule has 7 nitrogen and oxygen atoms in total. The number of hydrogen-bond acceptors (Lipinski definition) is 8. The molecule has 0 saturated carbocycles. The Kier molecular flexibility index (Phi) is 6.89. The van der Waals surface area contributed by atoms with Gasteiger partial charge in [0.25, 0.3) is 5.78 Å². The van der Waals surface area contributed by atoms with Gasteiger partial charge in [0.15, 0.2) is 4.34 Å². The molecule has 202 valence electrons. The third kappa shape index (κ3) is 4.77. The van der Waals surface area contributed by atoms with Crippen molar-refractivity contribution in [3.63, 3.8) is 0 Å². The van der Waals surface area contributed by atoms with Crippen molar-refractivity contribution in [1.82, 2.24) is 10.2 Å². The van der Waals surface area contributed by atoms with E-state index in [2.05, 4.69) is 10.2 Å². The summed E-state index contributed by atoms with van der Waals surface area (Å²) in [5.41, 5.74) is 3.37. The van der Waals surface area contributed by atoms with Crippen LogP contribution in [0.15, 0.2) is 76.6 Å². The van der Waals surface area contributed by atoms with E-state index >= 15 is 4.39 Å². The molecule has 2 aliphatic rings. The molecule has 0 spiro atoms. The van der Waals surface area contributed by atoms with Gasteiger partial charge in [0.1, 0.15) is 29.5 Å². The number of halogens is 1. The van der Waals surface area contributed by atoms with Crippen molar-refractivity contribution >= 4 is 45.7 Å². The molecule has 0 radical (unpaired) electrons. The second kappa shape index (κ2) is 10.5. The van der Waals surface area contributed by atoms with Crippen molar-refractivity contribution in [2.75, 3.05) is 4.90 Å². The zero-order valence-electron chi connectivity index (χ0n) is 21.6. The van der Waals surface area contributed by atoms with Crippen LogP contribution >= 0.6 is 23.1 Å². The quantitative estimate of drug-likeness (QED) is 0.0961. The fourth-order valence-corrected chi connectivity index (χ4v) is 6.76. The van der Waals surface area contributed by atoms with Crippen LogP contribution in [-0.4, -0.2) is 33.1 Å². The standard InChI is InChI=1S/C30H24FN3O4S2/c1-16-7-9-18(10-8-16)15-39-30-33-32-29(40-30)34-25(21-5-3-4-6-22(21)31)24(27(36)28(34)37)26(35)19-11-12-23-20(14-19)13-17(2)38-23/h3-12,14,17,25,35H,13,15H2,1-2H3/t17-,25+/m1/s1. The van der Waals surface area contributed by atoms with Crippen LogP contribution in [0.25, 0.3) is 5.76 Å². The van der Waals surface area contributed by atoms with Crippen LogP contribution in [-0.2, 0) is 21.8 Å². The maximum absolute atomic E-state index is 15.2. The summed E-state index contributed by atoms with van der Waals surface area (Å²) in [5, 5.41) is 20.0. The first-order valence-electron chi connectivity index (χ1n) is 12.7. The Labute approximate surface area is 238 Å². The number of rotatable bonds is 6. The van der Waals surface area contributed by atoms with Crippen molar-refractivity contribution in [2.24, 2.45) is 0 Å². The third-order valence-corrected chi connectivity index (χ3v) is 9.03. The molecule has 0 aliphatic carbocycles. The SMILES string of the molecule is Cc1ccc(CSc2nnc(N3C(=O)C(=O)C(=C(O)c4ccc5c(c4)C[C@@H](C)O5)[C@@H]3c3ccccc3F)s2)cc1. The fourth-order valence-electron chi connectivity index (χ4n) is 4.93. The van der Waals surface area contributed by atoms with Crippen LogP contribution in [0.5, 0.6) is 5.75 Å². The van der Waals surface area contributed by atoms with E-state index in [4.69, 9.17) is 4.74 Å². The lowest BCUT2D eigenvalue weighted by molar-refractivity contribution is -0.132. The highest BCUT2D eigenvalue weighted by Crippen LogP contribution is 2.45. The largest absolute Gasteiger partial charge is 0.507 e. The van der Waals surface area contributed by atoms with E-state index in [1.807, 2.05) is 38.1 Å². The lowest BCUT2D eigenvalue weighted by Gasteiger charge is -2.22. The zero-order valence-corrected chi connectivity index (χ0v) is 23.3. The molecule has 1 amide bonds. The van der Waals surface area contributed by atoms with Gasteiger partial charge in [-0.1, -0.05) is 71.1 Å². The summed E-state index contributed by atoms with van der Waals surface area (Å²) < 4.78 is 21.5. The molecule has 2 aliphatic heterocycles. The van der Waals surface area contributed by atoms with Crippen molar-refractivity contribution in [1.29, 1.82) is 0 Å². The molecule has 40 heavy (non-hydrogen) atoms. The summed E-state index contributed by atoms with van der Waals surface area (Å²) >= 11 is 2.59. The molecule has 3 heterocycles. The minimum absolute atomic E-state index is 0.00753. The number of ketones is 1. The zero-order chi connectivity index (χ0) is 28.0. The van der Waals surface area contributed by atoms with E-state index < -0.39 is 23.5 Å². The Hall–Kier alpha value is -4.02. The maximum atomic E-state index is 15.2. The minimum atomic E-state index is -1.22. The van der Waals surface area contributed by atoms with Gasteiger partial charge in [0.2, 0.25) is 5.13 Å². The Morgan fingerprint density at radius 1 is 1.12 bits per heavy atom. The first-order chi connectivity index (χ1) is 19.3. The number of amides is 1. The molecular weight excluding hydrogens is 549 g/mol. The first kappa shape index (κ1) is 26.2. The predicted octanol–water partition coefficient (Wildman–Crippen LogP) is 6.23. The smallest absolute Gasteiger partial charge is 0.301 e. The summed E-state index contributed by atoms with van der Waals surface area (Å²) in [4.78, 5) is 28.0. The number of carbonyl (C=O) groups is 2. The number of thioether (sulfide) groups is 1. The third-order valence-electron chi connectivity index (χ3n) is 6.90. The number of anilines is 1. The number of aliphatic hydroxyl groups excluding tert-OH is 1. The molecule has 1 aromatic heterocycles. The lowest BCUT2D eigenvalue weighted by Crippen LogP contribution is -2.29. The number of carbonyl (C=O) groups excluding carboxylic acids is 2. The van der Waals surface area contributed by atoms with Gasteiger partial charge in [-0.15, -0.1) is 10.2 Å². The van der Waals surface area contributed by atoms with Crippen molar-refractivity contribution in [2.45, 2.75) is 42.5 Å². The van der Waals surface area contributed by atoms with Gasteiger partial charge in [-0.3, -0.25) is 14.5 Å². The maximum Gasteiger partial charge on any atom is 0.301 e. The Balaban J connectivity index is 1.39. The second-order valence-corrected chi connectivity index (χ2v) is 11.9. The molecule has 6 rings (SSSR count). The highest BCUT2D eigenvalue weighted by Gasteiger charge is 2.49. The normalized spacial score (nSPS) is 19.6. The summed E-state index contributed by atoms with van der Waals surface area (Å²) in [6.07, 6.45) is 0.641. The molecule has 1 fully saturated rings. The summed E-state index contributed by atoms with van der Waals surface area (Å²) in [6, 6.07) is 17.9. The number of aryl methyl sites for hydroxylation is 1. The van der Waals surface area contributed by atoms with E-state index in [1.165, 1.54) is 35.5 Å². The number of benzene rings is 3. The van der Waals surface area contributed by atoms with Gasteiger partial charge in [0, 0.05) is 23.3 Å². The van der Waals surface area contributed by atoms with E-state index in [0.29, 0.717) is 27.8 Å².